The van der Waals surface area contributed by atoms with Gasteiger partial charge >= 0.3 is 0 Å². The van der Waals surface area contributed by atoms with E-state index in [0.29, 0.717) is 0 Å². The van der Waals surface area contributed by atoms with Crippen LogP contribution in [0.1, 0.15) is 28.7 Å². The number of likely N-dealkylation sites (N-methyl/N-ethyl adjacent to an activating group) is 1. The first-order valence-electron chi connectivity index (χ1n) is 11.5. The Bertz CT molecular complexity index is 972. The molecular weight excluding hydrogens is 378 g/mol. The van der Waals surface area contributed by atoms with Gasteiger partial charge in [0, 0.05) is 51.6 Å². The maximum absolute atomic E-state index is 2.33. The minimum atomic E-state index is 1.12. The van der Waals surface area contributed by atoms with Gasteiger partial charge in [-0.3, -0.25) is 4.90 Å². The molecule has 162 valence electrons. The largest absolute Gasteiger partial charge is 0.374 e. The van der Waals surface area contributed by atoms with Crippen LogP contribution < -0.4 is 9.80 Å². The lowest BCUT2D eigenvalue weighted by atomic mass is 10.0. The Labute approximate surface area is 187 Å². The zero-order valence-corrected chi connectivity index (χ0v) is 19.2. The Balaban J connectivity index is 0.000000112. The van der Waals surface area contributed by atoms with Crippen LogP contribution in [0, 0.1) is 0 Å². The highest BCUT2D eigenvalue weighted by Crippen LogP contribution is 2.25. The molecule has 0 aliphatic carbocycles. The van der Waals surface area contributed by atoms with Crippen molar-refractivity contribution in [1.29, 1.82) is 0 Å². The minimum Gasteiger partial charge on any atom is -0.374 e. The van der Waals surface area contributed by atoms with Gasteiger partial charge < -0.3 is 9.80 Å². The number of fused-ring (bicyclic) bond motifs is 3. The van der Waals surface area contributed by atoms with Gasteiger partial charge in [-0.2, -0.15) is 0 Å². The second-order valence-electron chi connectivity index (χ2n) is 8.90. The van der Waals surface area contributed by atoms with Crippen LogP contribution >= 0.6 is 0 Å². The molecule has 0 saturated carbocycles. The van der Waals surface area contributed by atoms with Crippen LogP contribution in [0.5, 0.6) is 0 Å². The molecule has 0 atom stereocenters. The van der Waals surface area contributed by atoms with Gasteiger partial charge in [0.1, 0.15) is 0 Å². The van der Waals surface area contributed by atoms with Crippen molar-refractivity contribution in [2.45, 2.75) is 32.4 Å². The lowest BCUT2D eigenvalue weighted by Gasteiger charge is -2.26. The van der Waals surface area contributed by atoms with E-state index in [1.807, 2.05) is 0 Å². The first-order valence-corrected chi connectivity index (χ1v) is 11.5. The SMILES string of the molecule is CN1CCCc2ccccc21.CN1CCc2ccccc21.CN1Cc2ccccc2C1. The molecule has 0 bridgehead atoms. The minimum absolute atomic E-state index is 1.12. The Morgan fingerprint density at radius 3 is 1.52 bits per heavy atom. The number of nitrogens with zero attached hydrogens (tertiary/aromatic N) is 3. The smallest absolute Gasteiger partial charge is 0.0396 e. The van der Waals surface area contributed by atoms with E-state index in [0.717, 1.165) is 13.1 Å². The van der Waals surface area contributed by atoms with E-state index >= 15 is 0 Å². The van der Waals surface area contributed by atoms with Crippen molar-refractivity contribution in [2.24, 2.45) is 0 Å². The number of rotatable bonds is 0. The van der Waals surface area contributed by atoms with E-state index in [-0.39, 0.29) is 0 Å². The predicted octanol–water partition coefficient (Wildman–Crippen LogP) is 5.38. The van der Waals surface area contributed by atoms with Gasteiger partial charge in [-0.05, 0) is 60.7 Å². The Kier molecular flexibility index (Phi) is 6.93. The number of benzene rings is 3. The van der Waals surface area contributed by atoms with Crippen molar-refractivity contribution in [2.75, 3.05) is 44.0 Å². The van der Waals surface area contributed by atoms with Crippen LogP contribution in [0.3, 0.4) is 0 Å². The molecule has 0 fully saturated rings. The summed E-state index contributed by atoms with van der Waals surface area (Å²) in [6.07, 6.45) is 3.76. The molecule has 0 aromatic heterocycles. The summed E-state index contributed by atoms with van der Waals surface area (Å²) >= 11 is 0. The zero-order chi connectivity index (χ0) is 21.6. The lowest BCUT2D eigenvalue weighted by molar-refractivity contribution is 0.353. The Hall–Kier alpha value is -2.78. The zero-order valence-electron chi connectivity index (χ0n) is 19.2. The molecule has 0 radical (unpaired) electrons. The van der Waals surface area contributed by atoms with Gasteiger partial charge in [0.2, 0.25) is 0 Å². The molecule has 0 N–H and O–H groups in total. The third-order valence-electron chi connectivity index (χ3n) is 6.46. The molecule has 3 aromatic carbocycles. The summed E-state index contributed by atoms with van der Waals surface area (Å²) in [5.41, 5.74) is 8.79. The molecular formula is C28H35N3. The molecule has 3 aliphatic heterocycles. The van der Waals surface area contributed by atoms with E-state index < -0.39 is 0 Å². The fraction of sp³-hybridized carbons (Fsp3) is 0.357. The molecule has 0 saturated heterocycles. The summed E-state index contributed by atoms with van der Waals surface area (Å²) in [6, 6.07) is 25.9. The van der Waals surface area contributed by atoms with E-state index in [4.69, 9.17) is 0 Å². The van der Waals surface area contributed by atoms with Crippen LogP contribution in [-0.4, -0.2) is 39.1 Å². The molecule has 6 rings (SSSR count). The highest BCUT2D eigenvalue weighted by molar-refractivity contribution is 5.57. The molecule has 3 aliphatic rings. The maximum Gasteiger partial charge on any atom is 0.0396 e. The fourth-order valence-corrected chi connectivity index (χ4v) is 4.73. The van der Waals surface area contributed by atoms with Gasteiger partial charge in [-0.1, -0.05) is 60.7 Å². The van der Waals surface area contributed by atoms with Crippen LogP contribution in [0.25, 0.3) is 0 Å². The highest BCUT2D eigenvalue weighted by Gasteiger charge is 2.14. The third kappa shape index (κ3) is 5.29. The first-order chi connectivity index (χ1) is 15.1. The van der Waals surface area contributed by atoms with Gasteiger partial charge in [0.05, 0.1) is 0 Å². The normalized spacial score (nSPS) is 16.4. The van der Waals surface area contributed by atoms with Gasteiger partial charge in [0.15, 0.2) is 0 Å². The van der Waals surface area contributed by atoms with Crippen molar-refractivity contribution in [3.05, 3.63) is 95.1 Å². The fourth-order valence-electron chi connectivity index (χ4n) is 4.73. The Morgan fingerprint density at radius 2 is 0.968 bits per heavy atom. The number of anilines is 2. The van der Waals surface area contributed by atoms with Gasteiger partial charge in [-0.15, -0.1) is 0 Å². The molecule has 0 unspecified atom stereocenters. The molecule has 3 aromatic rings. The molecule has 3 heteroatoms. The summed E-state index contributed by atoms with van der Waals surface area (Å²) in [5.74, 6) is 0. The van der Waals surface area contributed by atoms with Crippen molar-refractivity contribution in [1.82, 2.24) is 4.90 Å². The average molecular weight is 414 g/mol. The van der Waals surface area contributed by atoms with Crippen molar-refractivity contribution in [3.8, 4) is 0 Å². The third-order valence-corrected chi connectivity index (χ3v) is 6.46. The molecule has 31 heavy (non-hydrogen) atoms. The standard InChI is InChI=1S/C10H13N.2C9H11N/c1-11-8-4-6-9-5-2-3-7-10(9)11;1-10-6-8-4-2-3-5-9(8)7-10;1-10-7-6-8-4-2-3-5-9(8)10/h2-3,5,7H,4,6,8H2,1H3;2*2-5H,6-7H2,1H3. The quantitative estimate of drug-likeness (QED) is 0.490. The molecule has 0 spiro atoms. The summed E-state index contributed by atoms with van der Waals surface area (Å²) in [6.45, 7) is 4.63. The van der Waals surface area contributed by atoms with Crippen LogP contribution in [0.2, 0.25) is 0 Å². The average Bonchev–Trinajstić information content (AvgIpc) is 3.37. The van der Waals surface area contributed by atoms with Gasteiger partial charge in [0.25, 0.3) is 0 Å². The van der Waals surface area contributed by atoms with E-state index in [9.17, 15) is 0 Å². The van der Waals surface area contributed by atoms with E-state index in [1.54, 1.807) is 0 Å². The van der Waals surface area contributed by atoms with E-state index in [2.05, 4.69) is 109 Å². The van der Waals surface area contributed by atoms with Crippen LogP contribution in [0.15, 0.2) is 72.8 Å². The van der Waals surface area contributed by atoms with Crippen LogP contribution in [-0.2, 0) is 25.9 Å². The molecule has 3 nitrogen and oxygen atoms in total. The van der Waals surface area contributed by atoms with Gasteiger partial charge in [-0.25, -0.2) is 0 Å². The number of aryl methyl sites for hydroxylation is 1. The predicted molar refractivity (Wildman–Crippen MR) is 133 cm³/mol. The number of hydrogen-bond donors (Lipinski definition) is 0. The highest BCUT2D eigenvalue weighted by atomic mass is 15.1. The number of hydrogen-bond acceptors (Lipinski definition) is 3. The van der Waals surface area contributed by atoms with Crippen LogP contribution in [0.4, 0.5) is 11.4 Å². The van der Waals surface area contributed by atoms with E-state index in [1.165, 1.54) is 66.0 Å². The molecule has 0 amide bonds. The Morgan fingerprint density at radius 1 is 0.516 bits per heavy atom. The summed E-state index contributed by atoms with van der Waals surface area (Å²) in [7, 11) is 6.46. The monoisotopic (exact) mass is 413 g/mol. The lowest BCUT2D eigenvalue weighted by Crippen LogP contribution is -2.24. The van der Waals surface area contributed by atoms with Crippen molar-refractivity contribution in [3.63, 3.8) is 0 Å². The number of para-hydroxylation sites is 2. The van der Waals surface area contributed by atoms with Crippen molar-refractivity contribution >= 4 is 11.4 Å². The second-order valence-corrected chi connectivity index (χ2v) is 8.90. The summed E-state index contributed by atoms with van der Waals surface area (Å²) < 4.78 is 0. The molecule has 3 heterocycles. The first kappa shape index (κ1) is 21.5. The topological polar surface area (TPSA) is 9.72 Å². The maximum atomic E-state index is 2.33. The summed E-state index contributed by atoms with van der Waals surface area (Å²) in [5, 5.41) is 0. The summed E-state index contributed by atoms with van der Waals surface area (Å²) in [4.78, 5) is 6.96. The second kappa shape index (κ2) is 10.0. The van der Waals surface area contributed by atoms with Crippen molar-refractivity contribution < 1.29 is 0 Å².